The lowest BCUT2D eigenvalue weighted by Crippen LogP contribution is -2.40. The van der Waals surface area contributed by atoms with Crippen molar-refractivity contribution in [3.63, 3.8) is 0 Å². The van der Waals surface area contributed by atoms with E-state index in [4.69, 9.17) is 5.26 Å². The van der Waals surface area contributed by atoms with Crippen molar-refractivity contribution >= 4 is 10.0 Å². The van der Waals surface area contributed by atoms with Crippen molar-refractivity contribution in [3.05, 3.63) is 0 Å². The first kappa shape index (κ1) is 11.9. The molecule has 0 aromatic carbocycles. The molecular weight excluding hydrogens is 224 g/mol. The van der Waals surface area contributed by atoms with Crippen LogP contribution in [-0.2, 0) is 10.0 Å². The normalized spacial score (nSPS) is 34.9. The highest BCUT2D eigenvalue weighted by Crippen LogP contribution is 2.49. The van der Waals surface area contributed by atoms with Crippen molar-refractivity contribution < 1.29 is 8.42 Å². The van der Waals surface area contributed by atoms with Crippen LogP contribution in [0, 0.1) is 29.1 Å². The predicted octanol–water partition coefficient (Wildman–Crippen LogP) is 1.25. The molecule has 0 saturated heterocycles. The quantitative estimate of drug-likeness (QED) is 0.806. The predicted molar refractivity (Wildman–Crippen MR) is 60.9 cm³/mol. The number of rotatable bonds is 4. The SMILES string of the molecule is CC(NS(=O)(=O)CC#N)C1CC2CCC1C2. The molecule has 4 nitrogen and oxygen atoms in total. The molecule has 2 saturated carbocycles. The van der Waals surface area contributed by atoms with Gasteiger partial charge in [0.15, 0.2) is 5.75 Å². The van der Waals surface area contributed by atoms with Crippen LogP contribution in [-0.4, -0.2) is 20.2 Å². The summed E-state index contributed by atoms with van der Waals surface area (Å²) in [6.07, 6.45) is 4.99. The van der Waals surface area contributed by atoms with E-state index < -0.39 is 15.8 Å². The number of sulfonamides is 1. The summed E-state index contributed by atoms with van der Waals surface area (Å²) in [5, 5.41) is 8.42. The summed E-state index contributed by atoms with van der Waals surface area (Å²) in [7, 11) is -3.40. The van der Waals surface area contributed by atoms with Gasteiger partial charge in [0.25, 0.3) is 0 Å². The highest BCUT2D eigenvalue weighted by Gasteiger charge is 2.42. The molecule has 0 heterocycles. The summed E-state index contributed by atoms with van der Waals surface area (Å²) in [5.74, 6) is 1.56. The third-order valence-corrected chi connectivity index (χ3v) is 5.30. The van der Waals surface area contributed by atoms with Crippen molar-refractivity contribution in [2.75, 3.05) is 5.75 Å². The van der Waals surface area contributed by atoms with Crippen LogP contribution in [0.3, 0.4) is 0 Å². The van der Waals surface area contributed by atoms with E-state index in [2.05, 4.69) is 4.72 Å². The average Bonchev–Trinajstić information content (AvgIpc) is 2.77. The Kier molecular flexibility index (Phi) is 3.22. The van der Waals surface area contributed by atoms with Crippen molar-refractivity contribution in [2.45, 2.75) is 38.6 Å². The van der Waals surface area contributed by atoms with Gasteiger partial charge in [0.1, 0.15) is 0 Å². The molecule has 0 aliphatic heterocycles. The second kappa shape index (κ2) is 4.34. The van der Waals surface area contributed by atoms with Crippen LogP contribution >= 0.6 is 0 Å². The summed E-state index contributed by atoms with van der Waals surface area (Å²) in [6.45, 7) is 1.93. The molecule has 0 aromatic heterocycles. The number of nitrogens with one attached hydrogen (secondary N) is 1. The molecule has 0 aromatic rings. The molecule has 4 unspecified atom stereocenters. The summed E-state index contributed by atoms with van der Waals surface area (Å²) in [5.41, 5.74) is 0. The van der Waals surface area contributed by atoms with E-state index in [0.29, 0.717) is 11.8 Å². The molecule has 1 N–H and O–H groups in total. The molecule has 0 radical (unpaired) electrons. The van der Waals surface area contributed by atoms with E-state index in [1.807, 2.05) is 6.92 Å². The van der Waals surface area contributed by atoms with Gasteiger partial charge in [-0.05, 0) is 43.9 Å². The van der Waals surface area contributed by atoms with Gasteiger partial charge in [0.05, 0.1) is 6.07 Å². The molecule has 2 rings (SSSR count). The minimum absolute atomic E-state index is 0.0198. The van der Waals surface area contributed by atoms with Crippen molar-refractivity contribution in [3.8, 4) is 6.07 Å². The van der Waals surface area contributed by atoms with Gasteiger partial charge < -0.3 is 0 Å². The van der Waals surface area contributed by atoms with Gasteiger partial charge in [-0.3, -0.25) is 0 Å². The second-order valence-electron chi connectivity index (χ2n) is 5.16. The largest absolute Gasteiger partial charge is 0.225 e. The van der Waals surface area contributed by atoms with E-state index in [1.165, 1.54) is 19.3 Å². The third-order valence-electron chi connectivity index (χ3n) is 4.06. The van der Waals surface area contributed by atoms with Gasteiger partial charge in [-0.15, -0.1) is 0 Å². The maximum atomic E-state index is 11.5. The Morgan fingerprint density at radius 1 is 1.44 bits per heavy atom. The summed E-state index contributed by atoms with van der Waals surface area (Å²) >= 11 is 0. The molecule has 0 amide bonds. The number of hydrogen-bond donors (Lipinski definition) is 1. The fourth-order valence-corrected chi connectivity index (χ4v) is 4.40. The van der Waals surface area contributed by atoms with Gasteiger partial charge in [-0.2, -0.15) is 5.26 Å². The average molecular weight is 242 g/mol. The number of nitrogens with zero attached hydrogens (tertiary/aromatic N) is 1. The Balaban J connectivity index is 1.94. The van der Waals surface area contributed by atoms with E-state index in [9.17, 15) is 8.42 Å². The zero-order chi connectivity index (χ0) is 11.8. The first-order chi connectivity index (χ1) is 7.52. The number of nitriles is 1. The van der Waals surface area contributed by atoms with Crippen LogP contribution in [0.2, 0.25) is 0 Å². The Morgan fingerprint density at radius 2 is 2.19 bits per heavy atom. The van der Waals surface area contributed by atoms with Gasteiger partial charge in [-0.1, -0.05) is 6.42 Å². The molecule has 90 valence electrons. The highest BCUT2D eigenvalue weighted by molar-refractivity contribution is 7.89. The van der Waals surface area contributed by atoms with Crippen LogP contribution in [0.15, 0.2) is 0 Å². The molecule has 4 atom stereocenters. The van der Waals surface area contributed by atoms with Crippen molar-refractivity contribution in [2.24, 2.45) is 17.8 Å². The van der Waals surface area contributed by atoms with E-state index in [0.717, 1.165) is 12.3 Å². The standard InChI is InChI=1S/C11H18N2O2S/c1-8(13-16(14,15)5-4-12)11-7-9-2-3-10(11)6-9/h8-11,13H,2-3,5-7H2,1H3. The van der Waals surface area contributed by atoms with E-state index in [-0.39, 0.29) is 6.04 Å². The first-order valence-electron chi connectivity index (χ1n) is 5.89. The van der Waals surface area contributed by atoms with Crippen LogP contribution < -0.4 is 4.72 Å². The Hall–Kier alpha value is -0.600. The maximum Gasteiger partial charge on any atom is 0.225 e. The number of fused-ring (bicyclic) bond motifs is 2. The molecule has 16 heavy (non-hydrogen) atoms. The van der Waals surface area contributed by atoms with E-state index in [1.54, 1.807) is 6.07 Å². The Morgan fingerprint density at radius 3 is 2.69 bits per heavy atom. The monoisotopic (exact) mass is 242 g/mol. The molecular formula is C11H18N2O2S. The molecule has 2 bridgehead atoms. The number of hydrogen-bond acceptors (Lipinski definition) is 3. The fourth-order valence-electron chi connectivity index (χ4n) is 3.40. The summed E-state index contributed by atoms with van der Waals surface area (Å²) in [4.78, 5) is 0. The third kappa shape index (κ3) is 2.38. The van der Waals surface area contributed by atoms with Crippen LogP contribution in [0.5, 0.6) is 0 Å². The Bertz CT molecular complexity index is 399. The molecule has 5 heteroatoms. The fraction of sp³-hybridized carbons (Fsp3) is 0.909. The van der Waals surface area contributed by atoms with Gasteiger partial charge >= 0.3 is 0 Å². The lowest BCUT2D eigenvalue weighted by Gasteiger charge is -2.28. The molecule has 0 spiro atoms. The zero-order valence-corrected chi connectivity index (χ0v) is 10.3. The molecule has 2 fully saturated rings. The van der Waals surface area contributed by atoms with Crippen LogP contribution in [0.1, 0.15) is 32.6 Å². The van der Waals surface area contributed by atoms with Gasteiger partial charge in [0, 0.05) is 6.04 Å². The summed E-state index contributed by atoms with van der Waals surface area (Å²) < 4.78 is 25.6. The van der Waals surface area contributed by atoms with Crippen LogP contribution in [0.25, 0.3) is 0 Å². The zero-order valence-electron chi connectivity index (χ0n) is 9.52. The van der Waals surface area contributed by atoms with E-state index >= 15 is 0 Å². The highest BCUT2D eigenvalue weighted by atomic mass is 32.2. The van der Waals surface area contributed by atoms with Gasteiger partial charge in [-0.25, -0.2) is 13.1 Å². The minimum Gasteiger partial charge on any atom is -0.211 e. The Labute approximate surface area is 97.1 Å². The first-order valence-corrected chi connectivity index (χ1v) is 7.54. The summed E-state index contributed by atoms with van der Waals surface area (Å²) in [6, 6.07) is 1.67. The second-order valence-corrected chi connectivity index (χ2v) is 6.92. The smallest absolute Gasteiger partial charge is 0.211 e. The van der Waals surface area contributed by atoms with Crippen molar-refractivity contribution in [1.82, 2.24) is 4.72 Å². The van der Waals surface area contributed by atoms with Crippen molar-refractivity contribution in [1.29, 1.82) is 5.26 Å². The van der Waals surface area contributed by atoms with Gasteiger partial charge in [0.2, 0.25) is 10.0 Å². The topological polar surface area (TPSA) is 70.0 Å². The molecule has 2 aliphatic carbocycles. The minimum atomic E-state index is -3.40. The molecule has 2 aliphatic rings. The van der Waals surface area contributed by atoms with Crippen LogP contribution in [0.4, 0.5) is 0 Å². The maximum absolute atomic E-state index is 11.5. The lowest BCUT2D eigenvalue weighted by atomic mass is 9.84. The lowest BCUT2D eigenvalue weighted by molar-refractivity contribution is 0.280.